The predicted molar refractivity (Wildman–Crippen MR) is 46.4 cm³/mol. The maximum atomic E-state index is 9.49. The van der Waals surface area contributed by atoms with Crippen molar-refractivity contribution in [3.8, 4) is 0 Å². The molecule has 66 valence electrons. The van der Waals surface area contributed by atoms with Crippen molar-refractivity contribution in [3.05, 3.63) is 16.1 Å². The zero-order valence-corrected chi connectivity index (χ0v) is 7.67. The van der Waals surface area contributed by atoms with Crippen molar-refractivity contribution in [2.75, 3.05) is 13.2 Å². The lowest BCUT2D eigenvalue weighted by Crippen LogP contribution is -2.15. The van der Waals surface area contributed by atoms with E-state index >= 15 is 0 Å². The first-order chi connectivity index (χ1) is 5.77. The maximum Gasteiger partial charge on any atom is 0.101 e. The summed E-state index contributed by atoms with van der Waals surface area (Å²) in [5.41, 5.74) is 1.02. The molecule has 1 aliphatic rings. The zero-order valence-electron chi connectivity index (χ0n) is 6.86. The lowest BCUT2D eigenvalue weighted by molar-refractivity contribution is 0.124. The van der Waals surface area contributed by atoms with Crippen LogP contribution in [0.4, 0.5) is 0 Å². The zero-order chi connectivity index (χ0) is 8.55. The van der Waals surface area contributed by atoms with Gasteiger partial charge in [-0.3, -0.25) is 0 Å². The van der Waals surface area contributed by atoms with Crippen LogP contribution in [0.3, 0.4) is 0 Å². The molecule has 0 aromatic carbocycles. The van der Waals surface area contributed by atoms with Gasteiger partial charge in [0.15, 0.2) is 0 Å². The Labute approximate surface area is 75.0 Å². The summed E-state index contributed by atoms with van der Waals surface area (Å²) in [4.78, 5) is 4.32. The van der Waals surface area contributed by atoms with Gasteiger partial charge in [0.1, 0.15) is 5.01 Å². The second-order valence-electron chi connectivity index (χ2n) is 3.04. The molecule has 2 heterocycles. The van der Waals surface area contributed by atoms with Gasteiger partial charge in [-0.1, -0.05) is 0 Å². The summed E-state index contributed by atoms with van der Waals surface area (Å²) in [5, 5.41) is 12.5. The van der Waals surface area contributed by atoms with E-state index in [4.69, 9.17) is 4.74 Å². The molecule has 3 nitrogen and oxygen atoms in total. The fourth-order valence-electron chi connectivity index (χ4n) is 1.32. The van der Waals surface area contributed by atoms with E-state index in [0.717, 1.165) is 10.7 Å². The topological polar surface area (TPSA) is 42.4 Å². The summed E-state index contributed by atoms with van der Waals surface area (Å²) in [7, 11) is 0. The highest BCUT2D eigenvalue weighted by atomic mass is 32.1. The third-order valence-electron chi connectivity index (χ3n) is 2.00. The Balaban J connectivity index is 2.19. The highest BCUT2D eigenvalue weighted by Gasteiger charge is 2.29. The Bertz CT molecular complexity index is 274. The van der Waals surface area contributed by atoms with E-state index < -0.39 is 0 Å². The second kappa shape index (κ2) is 3.12. The van der Waals surface area contributed by atoms with Gasteiger partial charge >= 0.3 is 0 Å². The third kappa shape index (κ3) is 1.37. The number of aryl methyl sites for hydroxylation is 1. The van der Waals surface area contributed by atoms with Gasteiger partial charge in [-0.05, 0) is 6.92 Å². The highest BCUT2D eigenvalue weighted by Crippen LogP contribution is 2.27. The lowest BCUT2D eigenvalue weighted by Gasteiger charge is -2.07. The predicted octanol–water partition coefficient (Wildman–Crippen LogP) is 0.926. The summed E-state index contributed by atoms with van der Waals surface area (Å²) < 4.78 is 5.15. The number of hydrogen-bond acceptors (Lipinski definition) is 4. The van der Waals surface area contributed by atoms with Crippen LogP contribution >= 0.6 is 11.3 Å². The van der Waals surface area contributed by atoms with E-state index in [1.54, 1.807) is 11.3 Å². The number of thiazole rings is 1. The first-order valence-corrected chi connectivity index (χ1v) is 4.83. The average Bonchev–Trinajstić information content (AvgIpc) is 2.58. The molecule has 1 N–H and O–H groups in total. The largest absolute Gasteiger partial charge is 0.390 e. The number of rotatable bonds is 1. The first-order valence-electron chi connectivity index (χ1n) is 3.95. The van der Waals surface area contributed by atoms with E-state index in [9.17, 15) is 5.11 Å². The molecule has 1 aromatic heterocycles. The van der Waals surface area contributed by atoms with Crippen LogP contribution in [0.15, 0.2) is 5.38 Å². The van der Waals surface area contributed by atoms with Gasteiger partial charge in [-0.2, -0.15) is 0 Å². The minimum atomic E-state index is -0.365. The first kappa shape index (κ1) is 8.16. The van der Waals surface area contributed by atoms with E-state index in [1.807, 2.05) is 12.3 Å². The minimum absolute atomic E-state index is 0.101. The number of aromatic nitrogens is 1. The Kier molecular flexibility index (Phi) is 2.12. The molecule has 1 aromatic rings. The number of aliphatic hydroxyl groups is 1. The highest BCUT2D eigenvalue weighted by molar-refractivity contribution is 7.09. The SMILES string of the molecule is Cc1csc([C@@H]2COC[C@H]2O)n1. The lowest BCUT2D eigenvalue weighted by atomic mass is 10.1. The van der Waals surface area contributed by atoms with Gasteiger partial charge in [0, 0.05) is 11.1 Å². The molecule has 1 saturated heterocycles. The maximum absolute atomic E-state index is 9.49. The van der Waals surface area contributed by atoms with Crippen LogP contribution in [0, 0.1) is 6.92 Å². The smallest absolute Gasteiger partial charge is 0.101 e. The molecule has 0 radical (unpaired) electrons. The molecule has 0 aliphatic carbocycles. The monoisotopic (exact) mass is 185 g/mol. The van der Waals surface area contributed by atoms with Gasteiger partial charge < -0.3 is 9.84 Å². The van der Waals surface area contributed by atoms with Gasteiger partial charge in [0.2, 0.25) is 0 Å². The Morgan fingerprint density at radius 3 is 3.00 bits per heavy atom. The molecular weight excluding hydrogens is 174 g/mol. The van der Waals surface area contributed by atoms with Crippen molar-refractivity contribution in [3.63, 3.8) is 0 Å². The minimum Gasteiger partial charge on any atom is -0.390 e. The molecule has 12 heavy (non-hydrogen) atoms. The standard InChI is InChI=1S/C8H11NO2S/c1-5-4-12-8(9-5)6-2-11-3-7(6)10/h4,6-7,10H,2-3H2,1H3/t6-,7-/m1/s1. The van der Waals surface area contributed by atoms with Crippen LogP contribution in [-0.4, -0.2) is 29.4 Å². The van der Waals surface area contributed by atoms with Crippen molar-refractivity contribution in [1.82, 2.24) is 4.98 Å². The van der Waals surface area contributed by atoms with Crippen LogP contribution in [0.25, 0.3) is 0 Å². The van der Waals surface area contributed by atoms with Crippen molar-refractivity contribution < 1.29 is 9.84 Å². The van der Waals surface area contributed by atoms with Crippen molar-refractivity contribution >= 4 is 11.3 Å². The Morgan fingerprint density at radius 1 is 1.67 bits per heavy atom. The van der Waals surface area contributed by atoms with Crippen LogP contribution in [-0.2, 0) is 4.74 Å². The molecule has 0 amide bonds. The van der Waals surface area contributed by atoms with Crippen LogP contribution in [0.2, 0.25) is 0 Å². The summed E-state index contributed by atoms with van der Waals surface area (Å²) in [5.74, 6) is 0.101. The fraction of sp³-hybridized carbons (Fsp3) is 0.625. The number of ether oxygens (including phenoxy) is 1. The molecular formula is C8H11NO2S. The molecule has 2 rings (SSSR count). The normalized spacial score (nSPS) is 29.5. The number of hydrogen-bond donors (Lipinski definition) is 1. The van der Waals surface area contributed by atoms with E-state index in [1.165, 1.54) is 0 Å². The third-order valence-corrected chi connectivity index (χ3v) is 3.10. The van der Waals surface area contributed by atoms with Crippen LogP contribution in [0.1, 0.15) is 16.6 Å². The molecule has 1 aliphatic heterocycles. The number of aliphatic hydroxyl groups excluding tert-OH is 1. The second-order valence-corrected chi connectivity index (χ2v) is 3.93. The average molecular weight is 185 g/mol. The van der Waals surface area contributed by atoms with Crippen LogP contribution in [0.5, 0.6) is 0 Å². The van der Waals surface area contributed by atoms with Gasteiger partial charge in [0.05, 0.1) is 25.2 Å². The fourth-order valence-corrected chi connectivity index (χ4v) is 2.26. The molecule has 0 saturated carbocycles. The summed E-state index contributed by atoms with van der Waals surface area (Å²) >= 11 is 1.60. The summed E-state index contributed by atoms with van der Waals surface area (Å²) in [6.07, 6.45) is -0.365. The molecule has 0 spiro atoms. The van der Waals surface area contributed by atoms with Gasteiger partial charge in [0.25, 0.3) is 0 Å². The van der Waals surface area contributed by atoms with Crippen molar-refractivity contribution in [2.24, 2.45) is 0 Å². The summed E-state index contributed by atoms with van der Waals surface area (Å²) in [6.45, 7) is 3.01. The molecule has 0 unspecified atom stereocenters. The van der Waals surface area contributed by atoms with Crippen molar-refractivity contribution in [2.45, 2.75) is 18.9 Å². The van der Waals surface area contributed by atoms with Gasteiger partial charge in [-0.25, -0.2) is 4.98 Å². The van der Waals surface area contributed by atoms with E-state index in [-0.39, 0.29) is 12.0 Å². The van der Waals surface area contributed by atoms with Gasteiger partial charge in [-0.15, -0.1) is 11.3 Å². The summed E-state index contributed by atoms with van der Waals surface area (Å²) in [6, 6.07) is 0. The Hall–Kier alpha value is -0.450. The molecule has 4 heteroatoms. The molecule has 0 bridgehead atoms. The Morgan fingerprint density at radius 2 is 2.50 bits per heavy atom. The quantitative estimate of drug-likeness (QED) is 0.707. The van der Waals surface area contributed by atoms with E-state index in [0.29, 0.717) is 13.2 Å². The molecule has 1 fully saturated rings. The van der Waals surface area contributed by atoms with Crippen molar-refractivity contribution in [1.29, 1.82) is 0 Å². The van der Waals surface area contributed by atoms with E-state index in [2.05, 4.69) is 4.98 Å². The van der Waals surface area contributed by atoms with Crippen LogP contribution < -0.4 is 0 Å². The molecule has 2 atom stereocenters. The number of nitrogens with zero attached hydrogens (tertiary/aromatic N) is 1.